The van der Waals surface area contributed by atoms with Crippen LogP contribution >= 0.6 is 0 Å². The number of aldehydes is 1. The number of nitrogens with zero attached hydrogens (tertiary/aromatic N) is 1. The minimum atomic E-state index is -0.406. The van der Waals surface area contributed by atoms with Crippen molar-refractivity contribution in [3.8, 4) is 0 Å². The summed E-state index contributed by atoms with van der Waals surface area (Å²) in [4.78, 5) is 20.7. The number of carbonyl (C=O) groups is 2. The van der Waals surface area contributed by atoms with Crippen molar-refractivity contribution in [1.82, 2.24) is 5.32 Å². The zero-order chi connectivity index (χ0) is 8.81. The highest BCUT2D eigenvalue weighted by molar-refractivity contribution is 5.90. The Balaban J connectivity index is 2.52. The highest BCUT2D eigenvalue weighted by atomic mass is 16.2. The summed E-state index contributed by atoms with van der Waals surface area (Å²) in [5, 5.41) is 3.68. The zero-order valence-electron chi connectivity index (χ0n) is 6.43. The quantitative estimate of drug-likeness (QED) is 0.492. The first-order valence-corrected chi connectivity index (χ1v) is 3.56. The van der Waals surface area contributed by atoms with Crippen LogP contribution in [0.15, 0.2) is 30.3 Å². The molecule has 0 aromatic heterocycles. The first-order chi connectivity index (χ1) is 5.83. The topological polar surface area (TPSA) is 48.2 Å². The van der Waals surface area contributed by atoms with E-state index in [2.05, 4.69) is 5.32 Å². The molecule has 0 aliphatic rings. The van der Waals surface area contributed by atoms with Crippen LogP contribution in [0.1, 0.15) is 6.42 Å². The molecular formula is C9H8NO2. The molecule has 1 aromatic carbocycles. The summed E-state index contributed by atoms with van der Waals surface area (Å²) in [5.74, 6) is -0.406. The zero-order valence-corrected chi connectivity index (χ0v) is 6.43. The van der Waals surface area contributed by atoms with Gasteiger partial charge in [-0.05, 0) is 12.1 Å². The lowest BCUT2D eigenvalue weighted by atomic mass is 10.3. The van der Waals surface area contributed by atoms with E-state index in [1.807, 2.05) is 6.07 Å². The summed E-state index contributed by atoms with van der Waals surface area (Å²) < 4.78 is 0. The Morgan fingerprint density at radius 1 is 1.33 bits per heavy atom. The number of rotatable bonds is 3. The Morgan fingerprint density at radius 2 is 2.00 bits per heavy atom. The number of hydrogen-bond donors (Lipinski definition) is 0. The number of amides is 1. The van der Waals surface area contributed by atoms with Crippen LogP contribution in [-0.4, -0.2) is 12.2 Å². The molecule has 0 N–H and O–H groups in total. The van der Waals surface area contributed by atoms with E-state index in [1.165, 1.54) is 0 Å². The van der Waals surface area contributed by atoms with Gasteiger partial charge in [0.05, 0.1) is 12.1 Å². The molecule has 0 heterocycles. The molecule has 0 spiro atoms. The van der Waals surface area contributed by atoms with Crippen molar-refractivity contribution in [3.63, 3.8) is 0 Å². The largest absolute Gasteiger partial charge is 0.303 e. The first kappa shape index (κ1) is 8.46. The molecule has 0 aliphatic heterocycles. The van der Waals surface area contributed by atoms with Crippen molar-refractivity contribution in [1.29, 1.82) is 0 Å². The molecule has 0 aliphatic carbocycles. The van der Waals surface area contributed by atoms with Crippen molar-refractivity contribution in [2.45, 2.75) is 6.42 Å². The highest BCUT2D eigenvalue weighted by Gasteiger charge is 2.01. The van der Waals surface area contributed by atoms with Gasteiger partial charge in [0.25, 0.3) is 5.91 Å². The molecule has 0 saturated carbocycles. The van der Waals surface area contributed by atoms with E-state index in [1.54, 1.807) is 24.3 Å². The van der Waals surface area contributed by atoms with Crippen LogP contribution in [0.2, 0.25) is 0 Å². The highest BCUT2D eigenvalue weighted by Crippen LogP contribution is 2.04. The molecule has 1 rings (SSSR count). The van der Waals surface area contributed by atoms with Crippen LogP contribution in [0.4, 0.5) is 5.69 Å². The first-order valence-electron chi connectivity index (χ1n) is 3.56. The Kier molecular flexibility index (Phi) is 3.02. The second-order valence-corrected chi connectivity index (χ2v) is 2.21. The van der Waals surface area contributed by atoms with Gasteiger partial charge in [-0.2, -0.15) is 0 Å². The van der Waals surface area contributed by atoms with Gasteiger partial charge in [0.15, 0.2) is 0 Å². The summed E-state index contributed by atoms with van der Waals surface area (Å²) in [6.45, 7) is 0. The summed E-state index contributed by atoms with van der Waals surface area (Å²) in [6.07, 6.45) is 0.406. The Bertz CT molecular complexity index is 269. The van der Waals surface area contributed by atoms with E-state index in [0.29, 0.717) is 12.0 Å². The maximum Gasteiger partial charge on any atom is 0.253 e. The molecule has 0 bridgehead atoms. The average molecular weight is 162 g/mol. The van der Waals surface area contributed by atoms with Crippen molar-refractivity contribution in [2.24, 2.45) is 0 Å². The van der Waals surface area contributed by atoms with Crippen molar-refractivity contribution in [2.75, 3.05) is 0 Å². The number of para-hydroxylation sites is 1. The Hall–Kier alpha value is -1.64. The Labute approximate surface area is 70.4 Å². The van der Waals surface area contributed by atoms with E-state index in [4.69, 9.17) is 0 Å². The lowest BCUT2D eigenvalue weighted by Crippen LogP contribution is -2.09. The van der Waals surface area contributed by atoms with Gasteiger partial charge in [-0.15, -0.1) is 0 Å². The third-order valence-electron chi connectivity index (χ3n) is 1.27. The van der Waals surface area contributed by atoms with Crippen molar-refractivity contribution in [3.05, 3.63) is 30.3 Å². The minimum Gasteiger partial charge on any atom is -0.303 e. The fourth-order valence-corrected chi connectivity index (χ4v) is 0.763. The van der Waals surface area contributed by atoms with Gasteiger partial charge in [-0.1, -0.05) is 18.2 Å². The summed E-state index contributed by atoms with van der Waals surface area (Å²) in [5.41, 5.74) is 0.587. The maximum atomic E-state index is 10.8. The van der Waals surface area contributed by atoms with Crippen LogP contribution in [0.5, 0.6) is 0 Å². The van der Waals surface area contributed by atoms with Crippen LogP contribution < -0.4 is 5.32 Å². The van der Waals surface area contributed by atoms with Gasteiger partial charge in [-0.25, -0.2) is 5.32 Å². The van der Waals surface area contributed by atoms with E-state index >= 15 is 0 Å². The second-order valence-electron chi connectivity index (χ2n) is 2.21. The molecule has 61 valence electrons. The van der Waals surface area contributed by atoms with E-state index in [0.717, 1.165) is 0 Å². The summed E-state index contributed by atoms with van der Waals surface area (Å²) >= 11 is 0. The molecule has 0 unspecified atom stereocenters. The SMILES string of the molecule is O=CCC(=O)[N]c1ccccc1. The molecule has 1 radical (unpaired) electrons. The monoisotopic (exact) mass is 162 g/mol. The van der Waals surface area contributed by atoms with E-state index in [-0.39, 0.29) is 6.42 Å². The van der Waals surface area contributed by atoms with Crippen molar-refractivity contribution >= 4 is 17.9 Å². The second kappa shape index (κ2) is 4.28. The van der Waals surface area contributed by atoms with Crippen LogP contribution in [-0.2, 0) is 9.59 Å². The standard InChI is InChI=1S/C9H8NO2/c11-7-6-9(12)10-8-4-2-1-3-5-8/h1-5,7H,6H2. The van der Waals surface area contributed by atoms with Gasteiger partial charge >= 0.3 is 0 Å². The third-order valence-corrected chi connectivity index (χ3v) is 1.27. The predicted molar refractivity (Wildman–Crippen MR) is 43.9 cm³/mol. The number of hydrogen-bond acceptors (Lipinski definition) is 2. The fourth-order valence-electron chi connectivity index (χ4n) is 0.763. The number of benzene rings is 1. The predicted octanol–water partition coefficient (Wildman–Crippen LogP) is 1.04. The van der Waals surface area contributed by atoms with E-state index in [9.17, 15) is 9.59 Å². The van der Waals surface area contributed by atoms with Gasteiger partial charge in [-0.3, -0.25) is 4.79 Å². The van der Waals surface area contributed by atoms with E-state index < -0.39 is 5.91 Å². The van der Waals surface area contributed by atoms with Gasteiger partial charge in [0.2, 0.25) is 0 Å². The molecular weight excluding hydrogens is 154 g/mol. The van der Waals surface area contributed by atoms with Crippen LogP contribution in [0.3, 0.4) is 0 Å². The smallest absolute Gasteiger partial charge is 0.253 e. The van der Waals surface area contributed by atoms with Crippen LogP contribution in [0.25, 0.3) is 0 Å². The maximum absolute atomic E-state index is 10.8. The average Bonchev–Trinajstić information content (AvgIpc) is 2.06. The molecule has 1 aromatic rings. The van der Waals surface area contributed by atoms with Crippen molar-refractivity contribution < 1.29 is 9.59 Å². The van der Waals surface area contributed by atoms with Crippen LogP contribution in [0, 0.1) is 0 Å². The van der Waals surface area contributed by atoms with Gasteiger partial charge in [0, 0.05) is 0 Å². The summed E-state index contributed by atoms with van der Waals surface area (Å²) in [6, 6.07) is 8.83. The fraction of sp³-hybridized carbons (Fsp3) is 0.111. The molecule has 0 atom stereocenters. The molecule has 1 amide bonds. The lowest BCUT2D eigenvalue weighted by Gasteiger charge is -1.96. The summed E-state index contributed by atoms with van der Waals surface area (Å²) in [7, 11) is 0. The molecule has 0 saturated heterocycles. The lowest BCUT2D eigenvalue weighted by molar-refractivity contribution is -0.123. The molecule has 3 heteroatoms. The number of carbonyl (C=O) groups excluding carboxylic acids is 2. The minimum absolute atomic E-state index is 0.144. The normalized spacial score (nSPS) is 9.00. The van der Waals surface area contributed by atoms with Gasteiger partial charge < -0.3 is 4.79 Å². The molecule has 0 fully saturated rings. The van der Waals surface area contributed by atoms with Gasteiger partial charge in [0.1, 0.15) is 6.29 Å². The molecule has 3 nitrogen and oxygen atoms in total. The Morgan fingerprint density at radius 3 is 2.58 bits per heavy atom. The molecule has 12 heavy (non-hydrogen) atoms. The third kappa shape index (κ3) is 2.54.